The third-order valence-corrected chi connectivity index (χ3v) is 2.54. The van der Waals surface area contributed by atoms with Crippen LogP contribution >= 0.6 is 0 Å². The van der Waals surface area contributed by atoms with Crippen molar-refractivity contribution in [1.29, 1.82) is 0 Å². The summed E-state index contributed by atoms with van der Waals surface area (Å²) in [5, 5.41) is 3.29. The molecule has 0 aliphatic carbocycles. The van der Waals surface area contributed by atoms with Crippen molar-refractivity contribution in [2.45, 2.75) is 32.2 Å². The summed E-state index contributed by atoms with van der Waals surface area (Å²) < 4.78 is 13.2. The molecule has 0 radical (unpaired) electrons. The van der Waals surface area contributed by atoms with Crippen LogP contribution < -0.4 is 11.1 Å². The molecule has 90 valence electrons. The van der Waals surface area contributed by atoms with E-state index in [0.717, 1.165) is 37.9 Å². The number of benzene rings is 1. The van der Waals surface area contributed by atoms with Gasteiger partial charge in [0, 0.05) is 6.04 Å². The summed E-state index contributed by atoms with van der Waals surface area (Å²) in [4.78, 5) is 0. The average molecular weight is 224 g/mol. The van der Waals surface area contributed by atoms with Crippen LogP contribution in [0.15, 0.2) is 24.3 Å². The first-order chi connectivity index (χ1) is 7.70. The maximum atomic E-state index is 13.2. The molecule has 1 aromatic rings. The zero-order valence-electron chi connectivity index (χ0n) is 9.88. The zero-order chi connectivity index (χ0) is 11.8. The van der Waals surface area contributed by atoms with Gasteiger partial charge in [-0.1, -0.05) is 18.2 Å². The monoisotopic (exact) mass is 224 g/mol. The molecule has 0 heterocycles. The Morgan fingerprint density at radius 3 is 2.75 bits per heavy atom. The molecule has 16 heavy (non-hydrogen) atoms. The number of rotatable bonds is 7. The van der Waals surface area contributed by atoms with Crippen LogP contribution in [0.3, 0.4) is 0 Å². The van der Waals surface area contributed by atoms with Gasteiger partial charge in [-0.15, -0.1) is 0 Å². The molecule has 1 rings (SSSR count). The van der Waals surface area contributed by atoms with Gasteiger partial charge in [-0.2, -0.15) is 0 Å². The van der Waals surface area contributed by atoms with Crippen LogP contribution in [0.25, 0.3) is 0 Å². The molecule has 1 atom stereocenters. The van der Waals surface area contributed by atoms with Crippen molar-refractivity contribution in [2.75, 3.05) is 13.1 Å². The molecule has 3 N–H and O–H groups in total. The highest BCUT2D eigenvalue weighted by molar-refractivity contribution is 5.17. The number of nitrogens with one attached hydrogen (secondary N) is 1. The summed E-state index contributed by atoms with van der Waals surface area (Å²) in [7, 11) is 0. The molecule has 0 fully saturated rings. The molecule has 0 aliphatic heterocycles. The summed E-state index contributed by atoms with van der Waals surface area (Å²) in [5.74, 6) is -0.111. The summed E-state index contributed by atoms with van der Waals surface area (Å²) in [6.07, 6.45) is 2.85. The van der Waals surface area contributed by atoms with Crippen molar-refractivity contribution in [2.24, 2.45) is 5.73 Å². The van der Waals surface area contributed by atoms with E-state index in [2.05, 4.69) is 5.32 Å². The maximum absolute atomic E-state index is 13.2. The molecule has 1 unspecified atom stereocenters. The Morgan fingerprint density at radius 1 is 1.31 bits per heavy atom. The molecular weight excluding hydrogens is 203 g/mol. The summed E-state index contributed by atoms with van der Waals surface area (Å²) >= 11 is 0. The second-order valence-corrected chi connectivity index (χ2v) is 4.21. The van der Waals surface area contributed by atoms with E-state index in [1.54, 1.807) is 6.07 Å². The topological polar surface area (TPSA) is 38.0 Å². The first-order valence-corrected chi connectivity index (χ1v) is 5.90. The van der Waals surface area contributed by atoms with E-state index in [0.29, 0.717) is 0 Å². The van der Waals surface area contributed by atoms with Gasteiger partial charge in [-0.3, -0.25) is 0 Å². The molecule has 0 aromatic heterocycles. The second kappa shape index (κ2) is 7.36. The molecule has 0 bridgehead atoms. The molecule has 0 spiro atoms. The van der Waals surface area contributed by atoms with Crippen molar-refractivity contribution in [3.63, 3.8) is 0 Å². The molecule has 3 heteroatoms. The minimum atomic E-state index is -0.111. The minimum absolute atomic E-state index is 0.111. The number of hydrogen-bond donors (Lipinski definition) is 2. The van der Waals surface area contributed by atoms with E-state index in [1.807, 2.05) is 19.1 Å². The Kier molecular flexibility index (Phi) is 6.04. The van der Waals surface area contributed by atoms with Crippen LogP contribution in [0.2, 0.25) is 0 Å². The highest BCUT2D eigenvalue weighted by Gasteiger charge is 1.99. The van der Waals surface area contributed by atoms with Gasteiger partial charge in [0.2, 0.25) is 0 Å². The highest BCUT2D eigenvalue weighted by Crippen LogP contribution is 2.06. The van der Waals surface area contributed by atoms with Gasteiger partial charge in [-0.05, 0) is 50.9 Å². The standard InChI is InChI=1S/C13H21FN2/c1-11(15)5-4-9-16-10-8-12-6-2-3-7-13(12)14/h2-3,6-7,11,16H,4-5,8-10,15H2,1H3. The SMILES string of the molecule is CC(N)CCCNCCc1ccccc1F. The average Bonchev–Trinajstić information content (AvgIpc) is 2.25. The molecule has 0 saturated carbocycles. The van der Waals surface area contributed by atoms with Crippen molar-refractivity contribution < 1.29 is 4.39 Å². The Morgan fingerprint density at radius 2 is 2.06 bits per heavy atom. The number of halogens is 1. The third-order valence-electron chi connectivity index (χ3n) is 2.54. The van der Waals surface area contributed by atoms with E-state index < -0.39 is 0 Å². The molecule has 2 nitrogen and oxygen atoms in total. The van der Waals surface area contributed by atoms with E-state index in [-0.39, 0.29) is 11.9 Å². The molecule has 0 aliphatic rings. The summed E-state index contributed by atoms with van der Waals surface area (Å²) in [6.45, 7) is 3.79. The second-order valence-electron chi connectivity index (χ2n) is 4.21. The van der Waals surface area contributed by atoms with Crippen molar-refractivity contribution >= 4 is 0 Å². The largest absolute Gasteiger partial charge is 0.328 e. The number of nitrogens with two attached hydrogens (primary N) is 1. The Labute approximate surface area is 97.0 Å². The summed E-state index contributed by atoms with van der Waals surface area (Å²) in [6, 6.07) is 7.20. The third kappa shape index (κ3) is 5.24. The fraction of sp³-hybridized carbons (Fsp3) is 0.538. The minimum Gasteiger partial charge on any atom is -0.328 e. The van der Waals surface area contributed by atoms with Crippen molar-refractivity contribution in [1.82, 2.24) is 5.32 Å². The van der Waals surface area contributed by atoms with Gasteiger partial charge < -0.3 is 11.1 Å². The van der Waals surface area contributed by atoms with Gasteiger partial charge >= 0.3 is 0 Å². The first kappa shape index (κ1) is 13.1. The Bertz CT molecular complexity index is 300. The van der Waals surface area contributed by atoms with Gasteiger partial charge in [-0.25, -0.2) is 4.39 Å². The lowest BCUT2D eigenvalue weighted by Crippen LogP contribution is -2.22. The molecule has 0 amide bonds. The van der Waals surface area contributed by atoms with E-state index in [4.69, 9.17) is 5.73 Å². The lowest BCUT2D eigenvalue weighted by Gasteiger charge is -2.07. The summed E-state index contributed by atoms with van der Waals surface area (Å²) in [5.41, 5.74) is 6.42. The predicted octanol–water partition coefficient (Wildman–Crippen LogP) is 2.09. The van der Waals surface area contributed by atoms with Crippen LogP contribution in [-0.4, -0.2) is 19.1 Å². The zero-order valence-corrected chi connectivity index (χ0v) is 9.88. The van der Waals surface area contributed by atoms with Gasteiger partial charge in [0.25, 0.3) is 0 Å². The first-order valence-electron chi connectivity index (χ1n) is 5.90. The van der Waals surface area contributed by atoms with Crippen LogP contribution in [0, 0.1) is 5.82 Å². The van der Waals surface area contributed by atoms with Crippen molar-refractivity contribution in [3.05, 3.63) is 35.6 Å². The van der Waals surface area contributed by atoms with Crippen LogP contribution in [0.5, 0.6) is 0 Å². The Balaban J connectivity index is 2.10. The lowest BCUT2D eigenvalue weighted by molar-refractivity contribution is 0.566. The lowest BCUT2D eigenvalue weighted by atomic mass is 10.1. The van der Waals surface area contributed by atoms with Gasteiger partial charge in [0.05, 0.1) is 0 Å². The van der Waals surface area contributed by atoms with Crippen LogP contribution in [-0.2, 0) is 6.42 Å². The van der Waals surface area contributed by atoms with Crippen LogP contribution in [0.1, 0.15) is 25.3 Å². The van der Waals surface area contributed by atoms with E-state index in [9.17, 15) is 4.39 Å². The molecule has 1 aromatic carbocycles. The fourth-order valence-electron chi connectivity index (χ4n) is 1.60. The quantitative estimate of drug-likeness (QED) is 0.696. The van der Waals surface area contributed by atoms with Crippen molar-refractivity contribution in [3.8, 4) is 0 Å². The fourth-order valence-corrected chi connectivity index (χ4v) is 1.60. The smallest absolute Gasteiger partial charge is 0.126 e. The maximum Gasteiger partial charge on any atom is 0.126 e. The van der Waals surface area contributed by atoms with E-state index in [1.165, 1.54) is 6.07 Å². The Hall–Kier alpha value is -0.930. The van der Waals surface area contributed by atoms with E-state index >= 15 is 0 Å². The predicted molar refractivity (Wildman–Crippen MR) is 65.9 cm³/mol. The molecule has 0 saturated heterocycles. The number of hydrogen-bond acceptors (Lipinski definition) is 2. The highest BCUT2D eigenvalue weighted by atomic mass is 19.1. The van der Waals surface area contributed by atoms with Gasteiger partial charge in [0.1, 0.15) is 5.82 Å². The van der Waals surface area contributed by atoms with Gasteiger partial charge in [0.15, 0.2) is 0 Å². The molecular formula is C13H21FN2. The van der Waals surface area contributed by atoms with Crippen LogP contribution in [0.4, 0.5) is 4.39 Å². The normalized spacial score (nSPS) is 12.7.